The summed E-state index contributed by atoms with van der Waals surface area (Å²) in [5.41, 5.74) is 1.06. The van der Waals surface area contributed by atoms with Gasteiger partial charge in [0.2, 0.25) is 11.8 Å². The zero-order valence-electron chi connectivity index (χ0n) is 18.1. The van der Waals surface area contributed by atoms with Crippen LogP contribution in [0.4, 0.5) is 0 Å². The first kappa shape index (κ1) is 22.7. The average molecular weight is 418 g/mol. The van der Waals surface area contributed by atoms with Gasteiger partial charge >= 0.3 is 0 Å². The molecule has 1 saturated heterocycles. The van der Waals surface area contributed by atoms with Crippen LogP contribution in [0, 0.1) is 5.92 Å². The number of nitrogens with one attached hydrogen (secondary N) is 1. The van der Waals surface area contributed by atoms with E-state index in [1.165, 1.54) is 12.8 Å². The molecule has 30 heavy (non-hydrogen) atoms. The molecule has 7 heteroatoms. The molecule has 3 rings (SSSR count). The van der Waals surface area contributed by atoms with Gasteiger partial charge in [0.15, 0.2) is 0 Å². The number of methoxy groups -OCH3 is 1. The van der Waals surface area contributed by atoms with Crippen LogP contribution in [0.3, 0.4) is 0 Å². The number of ether oxygens (including phenoxy) is 2. The molecule has 0 radical (unpaired) electrons. The van der Waals surface area contributed by atoms with Gasteiger partial charge in [0.25, 0.3) is 0 Å². The third-order valence-electron chi connectivity index (χ3n) is 6.12. The number of carbonyl (C=O) groups is 2. The summed E-state index contributed by atoms with van der Waals surface area (Å²) in [5.74, 6) is 0.529. The van der Waals surface area contributed by atoms with Gasteiger partial charge < -0.3 is 19.7 Å². The van der Waals surface area contributed by atoms with Crippen LogP contribution in [0.2, 0.25) is 0 Å². The summed E-state index contributed by atoms with van der Waals surface area (Å²) in [6, 6.07) is 9.77. The number of benzene rings is 1. The van der Waals surface area contributed by atoms with Gasteiger partial charge in [-0.2, -0.15) is 0 Å². The highest BCUT2D eigenvalue weighted by atomic mass is 16.5. The monoisotopic (exact) mass is 417 g/mol. The van der Waals surface area contributed by atoms with Crippen molar-refractivity contribution in [2.45, 2.75) is 38.3 Å². The summed E-state index contributed by atoms with van der Waals surface area (Å²) in [6.45, 7) is 4.33. The summed E-state index contributed by atoms with van der Waals surface area (Å²) in [4.78, 5) is 29.5. The molecule has 1 N–H and O–H groups in total. The Bertz CT molecular complexity index is 656. The van der Waals surface area contributed by atoms with E-state index in [0.29, 0.717) is 38.8 Å². The quantitative estimate of drug-likeness (QED) is 0.587. The van der Waals surface area contributed by atoms with E-state index >= 15 is 0 Å². The van der Waals surface area contributed by atoms with E-state index in [1.807, 2.05) is 35.2 Å². The Morgan fingerprint density at radius 2 is 1.80 bits per heavy atom. The van der Waals surface area contributed by atoms with E-state index in [9.17, 15) is 9.59 Å². The number of piperazine rings is 1. The fraction of sp³-hybridized carbons (Fsp3) is 0.652. The maximum atomic E-state index is 12.9. The molecular formula is C23H35N3O4. The van der Waals surface area contributed by atoms with E-state index in [1.54, 1.807) is 7.11 Å². The van der Waals surface area contributed by atoms with Crippen LogP contribution in [0.25, 0.3) is 0 Å². The first-order valence-corrected chi connectivity index (χ1v) is 11.1. The van der Waals surface area contributed by atoms with Gasteiger partial charge in [-0.25, -0.2) is 0 Å². The highest BCUT2D eigenvalue weighted by Gasteiger charge is 2.37. The van der Waals surface area contributed by atoms with E-state index < -0.39 is 0 Å². The lowest BCUT2D eigenvalue weighted by atomic mass is 9.95. The number of nitrogens with zero attached hydrogens (tertiary/aromatic N) is 2. The van der Waals surface area contributed by atoms with E-state index in [2.05, 4.69) is 10.2 Å². The van der Waals surface area contributed by atoms with Gasteiger partial charge in [-0.3, -0.25) is 14.5 Å². The van der Waals surface area contributed by atoms with Crippen molar-refractivity contribution >= 4 is 11.8 Å². The normalized spacial score (nSPS) is 19.0. The van der Waals surface area contributed by atoms with Crippen molar-refractivity contribution in [3.8, 4) is 0 Å². The number of carbonyl (C=O) groups excluding carboxylic acids is 2. The summed E-state index contributed by atoms with van der Waals surface area (Å²) in [5, 5.41) is 3.03. The lowest BCUT2D eigenvalue weighted by Crippen LogP contribution is -2.58. The van der Waals surface area contributed by atoms with Crippen molar-refractivity contribution in [1.29, 1.82) is 0 Å². The molecule has 1 unspecified atom stereocenters. The van der Waals surface area contributed by atoms with Gasteiger partial charge in [-0.15, -0.1) is 0 Å². The molecule has 0 bridgehead atoms. The van der Waals surface area contributed by atoms with Crippen molar-refractivity contribution in [2.24, 2.45) is 5.92 Å². The second-order valence-electron chi connectivity index (χ2n) is 8.17. The first-order valence-electron chi connectivity index (χ1n) is 11.1. The Hall–Kier alpha value is -1.96. The maximum absolute atomic E-state index is 12.9. The predicted octanol–water partition coefficient (Wildman–Crippen LogP) is 1.67. The number of amides is 2. The van der Waals surface area contributed by atoms with E-state index in [4.69, 9.17) is 9.47 Å². The molecule has 1 aromatic carbocycles. The third-order valence-corrected chi connectivity index (χ3v) is 6.12. The lowest BCUT2D eigenvalue weighted by molar-refractivity contribution is -0.139. The fourth-order valence-electron chi connectivity index (χ4n) is 4.50. The smallest absolute Gasteiger partial charge is 0.248 e. The van der Waals surface area contributed by atoms with Gasteiger partial charge in [0, 0.05) is 39.8 Å². The number of rotatable bonds is 10. The predicted molar refractivity (Wildman–Crippen MR) is 115 cm³/mol. The summed E-state index contributed by atoms with van der Waals surface area (Å²) >= 11 is 0. The molecule has 1 aliphatic carbocycles. The molecule has 2 aliphatic rings. The van der Waals surface area contributed by atoms with Crippen LogP contribution in [0.5, 0.6) is 0 Å². The standard InChI is InChI=1S/C23H35N3O4/c1-29-16-11-24-23(28)22(20-9-5-6-10-20)26-14-12-25(13-15-26)21(27)18-30-17-19-7-3-2-4-8-19/h2-4,7-8,20,22H,5-6,9-18H2,1H3,(H,24,28). The minimum absolute atomic E-state index is 0.0209. The zero-order valence-corrected chi connectivity index (χ0v) is 18.1. The molecule has 166 valence electrons. The van der Waals surface area contributed by atoms with E-state index in [-0.39, 0.29) is 24.5 Å². The fourth-order valence-corrected chi connectivity index (χ4v) is 4.50. The Morgan fingerprint density at radius 1 is 1.10 bits per heavy atom. The topological polar surface area (TPSA) is 71.1 Å². The maximum Gasteiger partial charge on any atom is 0.248 e. The van der Waals surface area contributed by atoms with Crippen molar-refractivity contribution in [1.82, 2.24) is 15.1 Å². The number of hydrogen-bond acceptors (Lipinski definition) is 5. The molecule has 1 aliphatic heterocycles. The summed E-state index contributed by atoms with van der Waals surface area (Å²) in [6.07, 6.45) is 4.61. The highest BCUT2D eigenvalue weighted by molar-refractivity contribution is 5.82. The molecular weight excluding hydrogens is 382 g/mol. The van der Waals surface area contributed by atoms with Crippen molar-refractivity contribution in [3.05, 3.63) is 35.9 Å². The van der Waals surface area contributed by atoms with Gasteiger partial charge in [0.05, 0.1) is 19.3 Å². The van der Waals surface area contributed by atoms with Crippen LogP contribution in [0.1, 0.15) is 31.2 Å². The van der Waals surface area contributed by atoms with Gasteiger partial charge in [-0.1, -0.05) is 43.2 Å². The molecule has 1 heterocycles. The van der Waals surface area contributed by atoms with E-state index in [0.717, 1.165) is 31.5 Å². The molecule has 1 aromatic rings. The van der Waals surface area contributed by atoms with Crippen molar-refractivity contribution < 1.29 is 19.1 Å². The second-order valence-corrected chi connectivity index (χ2v) is 8.17. The Labute approximate surface area is 179 Å². The van der Waals surface area contributed by atoms with Crippen LogP contribution < -0.4 is 5.32 Å². The number of hydrogen-bond donors (Lipinski definition) is 1. The molecule has 0 spiro atoms. The van der Waals surface area contributed by atoms with Crippen LogP contribution in [0.15, 0.2) is 30.3 Å². The van der Waals surface area contributed by atoms with Crippen LogP contribution in [-0.2, 0) is 25.7 Å². The first-order chi connectivity index (χ1) is 14.7. The highest BCUT2D eigenvalue weighted by Crippen LogP contribution is 2.31. The average Bonchev–Trinajstić information content (AvgIpc) is 3.29. The summed E-state index contributed by atoms with van der Waals surface area (Å²) in [7, 11) is 1.64. The largest absolute Gasteiger partial charge is 0.383 e. The van der Waals surface area contributed by atoms with Crippen molar-refractivity contribution in [2.75, 3.05) is 53.0 Å². The molecule has 1 saturated carbocycles. The molecule has 2 amide bonds. The van der Waals surface area contributed by atoms with Gasteiger partial charge in [-0.05, 0) is 24.3 Å². The molecule has 1 atom stereocenters. The third kappa shape index (κ3) is 6.52. The molecule has 2 fully saturated rings. The van der Waals surface area contributed by atoms with Gasteiger partial charge in [0.1, 0.15) is 6.61 Å². The molecule has 0 aromatic heterocycles. The zero-order chi connectivity index (χ0) is 21.2. The Kier molecular flexibility index (Phi) is 9.11. The molecule has 7 nitrogen and oxygen atoms in total. The summed E-state index contributed by atoms with van der Waals surface area (Å²) < 4.78 is 10.7. The Balaban J connectivity index is 1.46. The minimum atomic E-state index is -0.101. The lowest BCUT2D eigenvalue weighted by Gasteiger charge is -2.40. The minimum Gasteiger partial charge on any atom is -0.383 e. The second kappa shape index (κ2) is 12.0. The van der Waals surface area contributed by atoms with Crippen molar-refractivity contribution in [3.63, 3.8) is 0 Å². The SMILES string of the molecule is COCCNC(=O)C(C1CCCC1)N1CCN(C(=O)COCc2ccccc2)CC1. The van der Waals surface area contributed by atoms with Crippen LogP contribution in [-0.4, -0.2) is 80.7 Å². The van der Waals surface area contributed by atoms with Crippen LogP contribution >= 0.6 is 0 Å². The Morgan fingerprint density at radius 3 is 2.47 bits per heavy atom.